The molecule has 3 nitrogen and oxygen atoms in total. The lowest BCUT2D eigenvalue weighted by atomic mass is 10.2. The summed E-state index contributed by atoms with van der Waals surface area (Å²) in [5, 5.41) is 2.90. The molecule has 0 fully saturated rings. The van der Waals surface area contributed by atoms with Gasteiger partial charge in [0.2, 0.25) is 0 Å². The molecule has 1 atom stereocenters. The summed E-state index contributed by atoms with van der Waals surface area (Å²) >= 11 is 10.1. The summed E-state index contributed by atoms with van der Waals surface area (Å²) in [4.78, 5) is 7.34. The molecule has 0 amide bonds. The van der Waals surface area contributed by atoms with Gasteiger partial charge in [0.25, 0.3) is 0 Å². The summed E-state index contributed by atoms with van der Waals surface area (Å²) in [6.07, 6.45) is 1.77. The minimum absolute atomic E-state index is 0.0126. The number of imidazole rings is 1. The number of nitrogens with zero attached hydrogens (tertiary/aromatic N) is 2. The van der Waals surface area contributed by atoms with Crippen molar-refractivity contribution < 1.29 is 4.39 Å². The van der Waals surface area contributed by atoms with Gasteiger partial charge < -0.3 is 9.55 Å². The highest BCUT2D eigenvalue weighted by Crippen LogP contribution is 2.28. The molecule has 7 heteroatoms. The smallest absolute Gasteiger partial charge is 0.178 e. The van der Waals surface area contributed by atoms with Crippen LogP contribution < -0.4 is 0 Å². The fraction of sp³-hybridized carbons (Fsp3) is 0.167. The van der Waals surface area contributed by atoms with Crippen molar-refractivity contribution in [1.82, 2.24) is 14.5 Å². The van der Waals surface area contributed by atoms with Crippen molar-refractivity contribution in [3.05, 3.63) is 43.8 Å². The third-order valence-corrected chi connectivity index (χ3v) is 4.81. The largest absolute Gasteiger partial charge is 0.330 e. The van der Waals surface area contributed by atoms with Gasteiger partial charge in [0, 0.05) is 17.6 Å². The molecule has 0 bridgehead atoms. The van der Waals surface area contributed by atoms with Crippen LogP contribution in [0.15, 0.2) is 28.2 Å². The quantitative estimate of drug-likeness (QED) is 0.676. The van der Waals surface area contributed by atoms with Gasteiger partial charge in [-0.05, 0) is 41.1 Å². The minimum atomic E-state index is -0.308. The second-order valence-electron chi connectivity index (χ2n) is 4.13. The van der Waals surface area contributed by atoms with Crippen molar-refractivity contribution in [1.29, 1.82) is 0 Å². The highest BCUT2D eigenvalue weighted by atomic mass is 79.9. The lowest BCUT2D eigenvalue weighted by molar-refractivity contribution is 0.621. The topological polar surface area (TPSA) is 33.6 Å². The van der Waals surface area contributed by atoms with Crippen molar-refractivity contribution in [2.45, 2.75) is 13.0 Å². The molecule has 1 unspecified atom stereocenters. The van der Waals surface area contributed by atoms with Crippen LogP contribution in [0.25, 0.3) is 11.0 Å². The van der Waals surface area contributed by atoms with Crippen molar-refractivity contribution >= 4 is 50.5 Å². The fourth-order valence-electron chi connectivity index (χ4n) is 2.06. The molecular formula is C12H9BrFN3S2. The van der Waals surface area contributed by atoms with Gasteiger partial charge in [-0.25, -0.2) is 9.37 Å². The van der Waals surface area contributed by atoms with Gasteiger partial charge in [-0.1, -0.05) is 0 Å². The Morgan fingerprint density at radius 2 is 2.32 bits per heavy atom. The maximum atomic E-state index is 13.5. The zero-order valence-corrected chi connectivity index (χ0v) is 13.1. The number of fused-ring (bicyclic) bond motifs is 1. The molecule has 2 heterocycles. The van der Waals surface area contributed by atoms with Gasteiger partial charge in [0.15, 0.2) is 4.77 Å². The predicted molar refractivity (Wildman–Crippen MR) is 80.7 cm³/mol. The van der Waals surface area contributed by atoms with Gasteiger partial charge in [-0.2, -0.15) is 0 Å². The van der Waals surface area contributed by atoms with Crippen LogP contribution in [0.1, 0.15) is 18.0 Å². The Labute approximate surface area is 126 Å². The van der Waals surface area contributed by atoms with Crippen molar-refractivity contribution in [2.24, 2.45) is 0 Å². The summed E-state index contributed by atoms with van der Waals surface area (Å²) in [6.45, 7) is 2.03. The maximum absolute atomic E-state index is 13.5. The average molecular weight is 358 g/mol. The first-order valence-electron chi connectivity index (χ1n) is 5.56. The summed E-state index contributed by atoms with van der Waals surface area (Å²) < 4.78 is 16.5. The maximum Gasteiger partial charge on any atom is 0.178 e. The zero-order valence-electron chi connectivity index (χ0n) is 9.85. The van der Waals surface area contributed by atoms with Crippen LogP contribution in [0.2, 0.25) is 0 Å². The molecule has 0 aliphatic heterocycles. The highest BCUT2D eigenvalue weighted by Gasteiger charge is 2.16. The molecule has 0 aliphatic carbocycles. The monoisotopic (exact) mass is 357 g/mol. The molecular weight excluding hydrogens is 349 g/mol. The zero-order chi connectivity index (χ0) is 13.6. The Bertz CT molecular complexity index is 791. The van der Waals surface area contributed by atoms with E-state index in [1.165, 1.54) is 6.07 Å². The normalized spacial score (nSPS) is 13.0. The van der Waals surface area contributed by atoms with Crippen LogP contribution in [-0.4, -0.2) is 14.5 Å². The number of hydrogen-bond donors (Lipinski definition) is 1. The summed E-state index contributed by atoms with van der Waals surface area (Å²) in [5.41, 5.74) is 1.55. The molecule has 3 aromatic rings. The molecule has 0 radical (unpaired) electrons. The van der Waals surface area contributed by atoms with Gasteiger partial charge >= 0.3 is 0 Å². The van der Waals surface area contributed by atoms with Crippen LogP contribution >= 0.6 is 39.5 Å². The third kappa shape index (κ3) is 2.15. The number of hydrogen-bond acceptors (Lipinski definition) is 3. The third-order valence-electron chi connectivity index (χ3n) is 2.95. The predicted octanol–water partition coefficient (Wildman–Crippen LogP) is 4.67. The summed E-state index contributed by atoms with van der Waals surface area (Å²) in [5.74, 6) is -0.308. The molecule has 19 heavy (non-hydrogen) atoms. The number of aromatic amines is 1. The van der Waals surface area contributed by atoms with E-state index in [0.29, 0.717) is 14.8 Å². The van der Waals surface area contributed by atoms with E-state index in [1.54, 1.807) is 23.6 Å². The molecule has 0 spiro atoms. The van der Waals surface area contributed by atoms with Crippen molar-refractivity contribution in [2.75, 3.05) is 0 Å². The summed E-state index contributed by atoms with van der Waals surface area (Å²) in [6, 6.07) is 3.19. The molecule has 1 N–H and O–H groups in total. The second-order valence-corrected chi connectivity index (χ2v) is 6.30. The Morgan fingerprint density at radius 3 is 3.00 bits per heavy atom. The van der Waals surface area contributed by atoms with E-state index in [1.807, 2.05) is 16.9 Å². The number of H-pyrrole nitrogens is 1. The number of aromatic nitrogens is 3. The van der Waals surface area contributed by atoms with Crippen molar-refractivity contribution in [3.8, 4) is 0 Å². The molecule has 0 saturated carbocycles. The number of nitrogens with one attached hydrogen (secondary N) is 1. The first-order valence-corrected chi connectivity index (χ1v) is 7.64. The van der Waals surface area contributed by atoms with Crippen LogP contribution in [0.4, 0.5) is 4.39 Å². The lowest BCUT2D eigenvalue weighted by Crippen LogP contribution is -2.06. The SMILES string of the molecule is CC(c1nccs1)n1c(=S)[nH]c2cc(F)c(Br)cc21. The second kappa shape index (κ2) is 4.81. The van der Waals surface area contributed by atoms with E-state index in [2.05, 4.69) is 25.9 Å². The van der Waals surface area contributed by atoms with E-state index >= 15 is 0 Å². The Morgan fingerprint density at radius 1 is 1.53 bits per heavy atom. The first kappa shape index (κ1) is 13.0. The average Bonchev–Trinajstić information content (AvgIpc) is 2.97. The number of thiazole rings is 1. The van der Waals surface area contributed by atoms with E-state index in [0.717, 1.165) is 10.5 Å². The molecule has 98 valence electrons. The van der Waals surface area contributed by atoms with Crippen molar-refractivity contribution in [3.63, 3.8) is 0 Å². The van der Waals surface area contributed by atoms with Crippen LogP contribution in [0.5, 0.6) is 0 Å². The first-order chi connectivity index (χ1) is 9.08. The minimum Gasteiger partial charge on any atom is -0.330 e. The van der Waals surface area contributed by atoms with Crippen LogP contribution in [-0.2, 0) is 0 Å². The Balaban J connectivity index is 2.26. The van der Waals surface area contributed by atoms with Gasteiger partial charge in [-0.15, -0.1) is 11.3 Å². The van der Waals surface area contributed by atoms with E-state index in [-0.39, 0.29) is 11.9 Å². The summed E-state index contributed by atoms with van der Waals surface area (Å²) in [7, 11) is 0. The van der Waals surface area contributed by atoms with E-state index in [9.17, 15) is 4.39 Å². The van der Waals surface area contributed by atoms with Crippen LogP contribution in [0.3, 0.4) is 0 Å². The Kier molecular flexibility index (Phi) is 3.28. The van der Waals surface area contributed by atoms with Crippen LogP contribution in [0, 0.1) is 10.6 Å². The number of rotatable bonds is 2. The Hall–Kier alpha value is -1.05. The highest BCUT2D eigenvalue weighted by molar-refractivity contribution is 9.10. The molecule has 0 aliphatic rings. The lowest BCUT2D eigenvalue weighted by Gasteiger charge is -2.11. The van der Waals surface area contributed by atoms with E-state index in [4.69, 9.17) is 12.2 Å². The van der Waals surface area contributed by atoms with Gasteiger partial charge in [0.05, 0.1) is 21.5 Å². The molecule has 3 rings (SSSR count). The number of halogens is 2. The van der Waals surface area contributed by atoms with E-state index < -0.39 is 0 Å². The molecule has 0 saturated heterocycles. The molecule has 1 aromatic carbocycles. The van der Waals surface area contributed by atoms with Gasteiger partial charge in [0.1, 0.15) is 10.8 Å². The fourth-order valence-corrected chi connectivity index (χ4v) is 3.44. The standard InChI is InChI=1S/C12H9BrFN3S2/c1-6(11-15-2-3-19-11)17-10-4-7(13)8(14)5-9(10)16-12(17)18/h2-6H,1H3,(H,16,18). The molecule has 2 aromatic heterocycles. The number of benzene rings is 1. The van der Waals surface area contributed by atoms with Gasteiger partial charge in [-0.3, -0.25) is 0 Å².